The molecule has 0 aromatic heterocycles. The third kappa shape index (κ3) is 4.64. The van der Waals surface area contributed by atoms with Gasteiger partial charge in [-0.05, 0) is 64.3 Å². The number of hydrogen-bond donors (Lipinski definition) is 2. The molecule has 0 saturated carbocycles. The summed E-state index contributed by atoms with van der Waals surface area (Å²) in [5, 5.41) is 14.4. The molecule has 0 unspecified atom stereocenters. The predicted molar refractivity (Wildman–Crippen MR) is 126 cm³/mol. The largest absolute Gasteiger partial charge is 0.504 e. The number of ether oxygens (including phenoxy) is 2. The third-order valence-corrected chi connectivity index (χ3v) is 6.02. The zero-order valence-corrected chi connectivity index (χ0v) is 19.4. The topological polar surface area (TPSA) is 63.1 Å². The number of para-hydroxylation sites is 1. The number of nitrogens with zero attached hydrogens (tertiary/aromatic N) is 1. The maximum absolute atomic E-state index is 13.8. The standard InChI is InChI=1S/C25H24BrFN2O3/c1-3-32-23-9-5-8-18(24(23)30)22-14-21(15-6-4-7-17(12-15)31-2)28-25(29-22)16-10-11-20(27)19(26)13-16/h4-13,22,25,29-30H,3,14H2,1-2H3/t22-,25+/m0/s1. The van der Waals surface area contributed by atoms with Gasteiger partial charge in [0.2, 0.25) is 0 Å². The Morgan fingerprint density at radius 2 is 1.97 bits per heavy atom. The molecular weight excluding hydrogens is 475 g/mol. The maximum Gasteiger partial charge on any atom is 0.162 e. The highest BCUT2D eigenvalue weighted by atomic mass is 79.9. The smallest absolute Gasteiger partial charge is 0.162 e. The van der Waals surface area contributed by atoms with E-state index in [-0.39, 0.29) is 17.6 Å². The molecule has 0 radical (unpaired) electrons. The number of phenols is 1. The molecule has 3 aromatic rings. The van der Waals surface area contributed by atoms with Gasteiger partial charge in [-0.1, -0.05) is 30.3 Å². The lowest BCUT2D eigenvalue weighted by Gasteiger charge is -2.31. The van der Waals surface area contributed by atoms with Crippen LogP contribution in [0.15, 0.2) is 70.1 Å². The second-order valence-corrected chi connectivity index (χ2v) is 8.29. The molecule has 1 aliphatic heterocycles. The van der Waals surface area contributed by atoms with Crippen LogP contribution in [-0.2, 0) is 0 Å². The highest BCUT2D eigenvalue weighted by Crippen LogP contribution is 2.39. The molecule has 1 aliphatic rings. The summed E-state index contributed by atoms with van der Waals surface area (Å²) in [7, 11) is 1.63. The van der Waals surface area contributed by atoms with Gasteiger partial charge in [-0.25, -0.2) is 4.39 Å². The number of rotatable bonds is 6. The van der Waals surface area contributed by atoms with Gasteiger partial charge in [0.15, 0.2) is 11.5 Å². The second-order valence-electron chi connectivity index (χ2n) is 7.43. The Labute approximate surface area is 195 Å². The van der Waals surface area contributed by atoms with E-state index in [0.717, 1.165) is 28.2 Å². The van der Waals surface area contributed by atoms with Crippen LogP contribution in [0.1, 0.15) is 42.2 Å². The summed E-state index contributed by atoms with van der Waals surface area (Å²) < 4.78 is 25.2. The van der Waals surface area contributed by atoms with Gasteiger partial charge in [-0.3, -0.25) is 10.3 Å². The Morgan fingerprint density at radius 3 is 2.72 bits per heavy atom. The molecule has 2 atom stereocenters. The molecule has 7 heteroatoms. The summed E-state index contributed by atoms with van der Waals surface area (Å²) in [4.78, 5) is 4.93. The highest BCUT2D eigenvalue weighted by molar-refractivity contribution is 9.10. The summed E-state index contributed by atoms with van der Waals surface area (Å²) in [5.74, 6) is 0.957. The van der Waals surface area contributed by atoms with Gasteiger partial charge in [0.1, 0.15) is 17.7 Å². The Balaban J connectivity index is 1.78. The van der Waals surface area contributed by atoms with Crippen LogP contribution in [-0.4, -0.2) is 24.5 Å². The quantitative estimate of drug-likeness (QED) is 0.442. The number of benzene rings is 3. The van der Waals surface area contributed by atoms with Crippen molar-refractivity contribution in [3.8, 4) is 17.2 Å². The Morgan fingerprint density at radius 1 is 1.16 bits per heavy atom. The highest BCUT2D eigenvalue weighted by Gasteiger charge is 2.29. The van der Waals surface area contributed by atoms with Crippen LogP contribution in [0.25, 0.3) is 0 Å². The molecule has 4 rings (SSSR count). The lowest BCUT2D eigenvalue weighted by molar-refractivity contribution is 0.313. The molecule has 3 aromatic carbocycles. The number of methoxy groups -OCH3 is 1. The minimum atomic E-state index is -0.429. The first-order valence-corrected chi connectivity index (χ1v) is 11.2. The number of aromatic hydroxyl groups is 1. The second kappa shape index (κ2) is 9.71. The lowest BCUT2D eigenvalue weighted by atomic mass is 9.93. The third-order valence-electron chi connectivity index (χ3n) is 5.41. The SMILES string of the molecule is CCOc1cccc([C@@H]2CC(c3cccc(OC)c3)=N[C@@H](c3ccc(F)c(Br)c3)N2)c1O. The fourth-order valence-electron chi connectivity index (χ4n) is 3.83. The van der Waals surface area contributed by atoms with E-state index >= 15 is 0 Å². The monoisotopic (exact) mass is 498 g/mol. The molecule has 0 bridgehead atoms. The average molecular weight is 499 g/mol. The van der Waals surface area contributed by atoms with Crippen LogP contribution in [0.3, 0.4) is 0 Å². The number of halogens is 2. The lowest BCUT2D eigenvalue weighted by Crippen LogP contribution is -2.33. The number of nitrogens with one attached hydrogen (secondary N) is 1. The van der Waals surface area contributed by atoms with Crippen LogP contribution in [0, 0.1) is 5.82 Å². The van der Waals surface area contributed by atoms with Gasteiger partial charge < -0.3 is 14.6 Å². The molecular formula is C25H24BrFN2O3. The molecule has 2 N–H and O–H groups in total. The van der Waals surface area contributed by atoms with E-state index < -0.39 is 6.17 Å². The van der Waals surface area contributed by atoms with Crippen molar-refractivity contribution in [2.45, 2.75) is 25.6 Å². The zero-order valence-electron chi connectivity index (χ0n) is 17.8. The summed E-state index contributed by atoms with van der Waals surface area (Å²) in [6.45, 7) is 2.33. The fraction of sp³-hybridized carbons (Fsp3) is 0.240. The van der Waals surface area contributed by atoms with Crippen LogP contribution >= 0.6 is 15.9 Å². The number of hydrogen-bond acceptors (Lipinski definition) is 5. The van der Waals surface area contributed by atoms with Crippen LogP contribution in [0.2, 0.25) is 0 Å². The first-order valence-electron chi connectivity index (χ1n) is 10.4. The van der Waals surface area contributed by atoms with Gasteiger partial charge in [0.05, 0.1) is 18.2 Å². The van der Waals surface area contributed by atoms with Crippen molar-refractivity contribution in [3.63, 3.8) is 0 Å². The number of aliphatic imine (C=N–C) groups is 1. The van der Waals surface area contributed by atoms with Gasteiger partial charge in [-0.2, -0.15) is 0 Å². The van der Waals surface area contributed by atoms with E-state index in [1.165, 1.54) is 6.07 Å². The molecule has 0 saturated heterocycles. The normalized spacial score (nSPS) is 18.2. The molecule has 32 heavy (non-hydrogen) atoms. The average Bonchev–Trinajstić information content (AvgIpc) is 2.82. The van der Waals surface area contributed by atoms with E-state index in [2.05, 4.69) is 21.2 Å². The van der Waals surface area contributed by atoms with Gasteiger partial charge in [0, 0.05) is 23.7 Å². The van der Waals surface area contributed by atoms with Crippen LogP contribution < -0.4 is 14.8 Å². The van der Waals surface area contributed by atoms with Crippen molar-refractivity contribution in [3.05, 3.63) is 87.6 Å². The predicted octanol–water partition coefficient (Wildman–Crippen LogP) is 5.92. The van der Waals surface area contributed by atoms with Crippen molar-refractivity contribution in [2.75, 3.05) is 13.7 Å². The van der Waals surface area contributed by atoms with E-state index in [0.29, 0.717) is 23.2 Å². The molecule has 0 aliphatic carbocycles. The summed E-state index contributed by atoms with van der Waals surface area (Å²) in [5.41, 5.74) is 3.32. The molecule has 166 valence electrons. The molecule has 0 amide bonds. The zero-order chi connectivity index (χ0) is 22.7. The van der Waals surface area contributed by atoms with Crippen LogP contribution in [0.5, 0.6) is 17.2 Å². The minimum absolute atomic E-state index is 0.109. The van der Waals surface area contributed by atoms with Gasteiger partial charge in [0.25, 0.3) is 0 Å². The Kier molecular flexibility index (Phi) is 6.77. The van der Waals surface area contributed by atoms with E-state index in [1.807, 2.05) is 43.3 Å². The van der Waals surface area contributed by atoms with Crippen molar-refractivity contribution in [2.24, 2.45) is 4.99 Å². The van der Waals surface area contributed by atoms with Crippen molar-refractivity contribution >= 4 is 21.6 Å². The van der Waals surface area contributed by atoms with E-state index in [4.69, 9.17) is 14.5 Å². The van der Waals surface area contributed by atoms with E-state index in [1.54, 1.807) is 25.3 Å². The maximum atomic E-state index is 13.8. The number of phenolic OH excluding ortho intramolecular Hbond substituents is 1. The van der Waals surface area contributed by atoms with Gasteiger partial charge in [-0.15, -0.1) is 0 Å². The van der Waals surface area contributed by atoms with Crippen molar-refractivity contribution in [1.82, 2.24) is 5.32 Å². The fourth-order valence-corrected chi connectivity index (χ4v) is 4.23. The Bertz CT molecular complexity index is 1150. The Hall–Kier alpha value is -2.90. The first-order chi connectivity index (χ1) is 15.5. The summed E-state index contributed by atoms with van der Waals surface area (Å²) in [6, 6.07) is 17.8. The minimum Gasteiger partial charge on any atom is -0.504 e. The summed E-state index contributed by atoms with van der Waals surface area (Å²) in [6.07, 6.45) is 0.122. The van der Waals surface area contributed by atoms with Crippen molar-refractivity contribution in [1.29, 1.82) is 0 Å². The molecule has 0 spiro atoms. The van der Waals surface area contributed by atoms with Gasteiger partial charge >= 0.3 is 0 Å². The van der Waals surface area contributed by atoms with Crippen LogP contribution in [0.4, 0.5) is 4.39 Å². The molecule has 5 nitrogen and oxygen atoms in total. The summed E-state index contributed by atoms with van der Waals surface area (Å²) >= 11 is 3.27. The van der Waals surface area contributed by atoms with Crippen molar-refractivity contribution < 1.29 is 19.0 Å². The molecule has 1 heterocycles. The van der Waals surface area contributed by atoms with E-state index in [9.17, 15) is 9.50 Å². The first kappa shape index (κ1) is 22.3. The molecule has 0 fully saturated rings.